The van der Waals surface area contributed by atoms with Gasteiger partial charge in [0.2, 0.25) is 0 Å². The van der Waals surface area contributed by atoms with Gasteiger partial charge in [-0.3, -0.25) is 9.59 Å². The van der Waals surface area contributed by atoms with Crippen LogP contribution in [0.25, 0.3) is 0 Å². The van der Waals surface area contributed by atoms with E-state index in [2.05, 4.69) is 10.1 Å². The molecule has 1 atom stereocenters. The lowest BCUT2D eigenvalue weighted by molar-refractivity contribution is -0.169. The van der Waals surface area contributed by atoms with Crippen molar-refractivity contribution in [2.45, 2.75) is 103 Å². The fraction of sp³-hybridized carbons (Fsp3) is 0.692. The molecule has 1 aliphatic heterocycles. The van der Waals surface area contributed by atoms with E-state index < -0.39 is 29.9 Å². The van der Waals surface area contributed by atoms with Crippen molar-refractivity contribution in [2.24, 2.45) is 5.92 Å². The van der Waals surface area contributed by atoms with Gasteiger partial charge >= 0.3 is 12.1 Å². The first kappa shape index (κ1) is 25.3. The van der Waals surface area contributed by atoms with Crippen LogP contribution in [0, 0.1) is 5.92 Å². The van der Waals surface area contributed by atoms with Crippen molar-refractivity contribution in [1.29, 1.82) is 0 Å². The van der Waals surface area contributed by atoms with Gasteiger partial charge in [-0.1, -0.05) is 32.1 Å². The van der Waals surface area contributed by atoms with Gasteiger partial charge in [-0.05, 0) is 69.9 Å². The zero-order valence-electron chi connectivity index (χ0n) is 20.7. The number of cyclic esters (lactones) is 2. The zero-order valence-corrected chi connectivity index (χ0v) is 20.7. The van der Waals surface area contributed by atoms with Crippen molar-refractivity contribution in [3.8, 4) is 0 Å². The van der Waals surface area contributed by atoms with Crippen molar-refractivity contribution in [3.05, 3.63) is 33.2 Å². The predicted octanol–water partition coefficient (Wildman–Crippen LogP) is 3.63. The number of carbonyl (C=O) groups is 3. The molecule has 0 radical (unpaired) electrons. The molecule has 1 amide bonds. The Morgan fingerprint density at radius 1 is 1.06 bits per heavy atom. The van der Waals surface area contributed by atoms with Gasteiger partial charge in [-0.15, -0.1) is 0 Å². The van der Waals surface area contributed by atoms with Gasteiger partial charge in [-0.2, -0.15) is 0 Å². The maximum Gasteiger partial charge on any atom is 0.511 e. The molecule has 192 valence electrons. The van der Waals surface area contributed by atoms with Crippen molar-refractivity contribution in [3.63, 3.8) is 0 Å². The fourth-order valence-electron chi connectivity index (χ4n) is 5.26. The molecule has 35 heavy (non-hydrogen) atoms. The van der Waals surface area contributed by atoms with E-state index in [-0.39, 0.29) is 17.7 Å². The standard InChI is InChI=1S/C26H36N2O7/c1-26(2,24(31)34-21-16-33-25(32)35-21)27-22(29)19-14-18-12-8-3-4-9-13-20(18)28(23(19)30)15-17-10-6-5-7-11-17/h14,17,21H,3-13,15-16H2,1-2H3,(H,27,29). The van der Waals surface area contributed by atoms with Gasteiger partial charge in [0.1, 0.15) is 11.1 Å². The lowest BCUT2D eigenvalue weighted by Crippen LogP contribution is -2.52. The van der Waals surface area contributed by atoms with Crippen LogP contribution < -0.4 is 10.9 Å². The lowest BCUT2D eigenvalue weighted by atomic mass is 9.88. The first-order chi connectivity index (χ1) is 16.7. The van der Waals surface area contributed by atoms with Gasteiger partial charge in [0.05, 0.1) is 0 Å². The molecule has 1 N–H and O–H groups in total. The molecule has 3 aliphatic rings. The summed E-state index contributed by atoms with van der Waals surface area (Å²) in [5, 5.41) is 2.66. The van der Waals surface area contributed by atoms with Crippen LogP contribution >= 0.6 is 0 Å². The van der Waals surface area contributed by atoms with Crippen molar-refractivity contribution < 1.29 is 28.6 Å². The number of aromatic nitrogens is 1. The average Bonchev–Trinajstić information content (AvgIpc) is 3.21. The number of nitrogens with one attached hydrogen (secondary N) is 1. The maximum absolute atomic E-state index is 13.6. The molecule has 1 saturated carbocycles. The molecule has 9 heteroatoms. The Labute approximate surface area is 205 Å². The molecule has 0 bridgehead atoms. The van der Waals surface area contributed by atoms with Gasteiger partial charge in [0, 0.05) is 12.2 Å². The van der Waals surface area contributed by atoms with E-state index >= 15 is 0 Å². The van der Waals surface area contributed by atoms with Crippen LogP contribution in [0.2, 0.25) is 0 Å². The summed E-state index contributed by atoms with van der Waals surface area (Å²) in [6.07, 6.45) is 9.76. The molecule has 1 saturated heterocycles. The van der Waals surface area contributed by atoms with Gasteiger partial charge < -0.3 is 24.1 Å². The lowest BCUT2D eigenvalue weighted by Gasteiger charge is -2.28. The highest BCUT2D eigenvalue weighted by Gasteiger charge is 2.37. The summed E-state index contributed by atoms with van der Waals surface area (Å²) in [6.45, 7) is 3.41. The zero-order chi connectivity index (χ0) is 25.0. The molecule has 9 nitrogen and oxygen atoms in total. The van der Waals surface area contributed by atoms with Crippen molar-refractivity contribution in [2.75, 3.05) is 6.61 Å². The highest BCUT2D eigenvalue weighted by atomic mass is 16.8. The summed E-state index contributed by atoms with van der Waals surface area (Å²) >= 11 is 0. The van der Waals surface area contributed by atoms with Crippen LogP contribution in [0.3, 0.4) is 0 Å². The molecular formula is C26H36N2O7. The van der Waals surface area contributed by atoms with Crippen molar-refractivity contribution in [1.82, 2.24) is 9.88 Å². The number of amides is 1. The monoisotopic (exact) mass is 488 g/mol. The van der Waals surface area contributed by atoms with Crippen LogP contribution in [0.4, 0.5) is 4.79 Å². The Morgan fingerprint density at radius 3 is 2.43 bits per heavy atom. The molecule has 2 fully saturated rings. The third-order valence-corrected chi connectivity index (χ3v) is 7.25. The summed E-state index contributed by atoms with van der Waals surface area (Å²) in [7, 11) is 0. The van der Waals surface area contributed by atoms with Crippen LogP contribution in [-0.4, -0.2) is 41.0 Å². The third-order valence-electron chi connectivity index (χ3n) is 7.25. The smallest absolute Gasteiger partial charge is 0.426 e. The van der Waals surface area contributed by atoms with Crippen LogP contribution in [0.15, 0.2) is 10.9 Å². The number of esters is 1. The van der Waals surface area contributed by atoms with Gasteiger partial charge in [-0.25, -0.2) is 9.59 Å². The largest absolute Gasteiger partial charge is 0.511 e. The Balaban J connectivity index is 1.58. The molecular weight excluding hydrogens is 452 g/mol. The van der Waals surface area contributed by atoms with E-state index in [4.69, 9.17) is 9.47 Å². The van der Waals surface area contributed by atoms with Gasteiger partial charge in [0.15, 0.2) is 6.61 Å². The number of aryl methyl sites for hydroxylation is 1. The summed E-state index contributed by atoms with van der Waals surface area (Å²) in [6, 6.07) is 1.73. The Morgan fingerprint density at radius 2 is 1.74 bits per heavy atom. The summed E-state index contributed by atoms with van der Waals surface area (Å²) in [4.78, 5) is 50.7. The number of ether oxygens (including phenoxy) is 3. The van der Waals surface area contributed by atoms with Gasteiger partial charge in [0.25, 0.3) is 17.8 Å². The first-order valence-corrected chi connectivity index (χ1v) is 12.9. The minimum absolute atomic E-state index is 0.0524. The highest BCUT2D eigenvalue weighted by Crippen LogP contribution is 2.27. The van der Waals surface area contributed by atoms with E-state index in [1.807, 2.05) is 4.57 Å². The predicted molar refractivity (Wildman–Crippen MR) is 127 cm³/mol. The molecule has 4 rings (SSSR count). The van der Waals surface area contributed by atoms with Crippen LogP contribution in [0.1, 0.15) is 93.3 Å². The summed E-state index contributed by atoms with van der Waals surface area (Å²) in [5.41, 5.74) is 0.433. The minimum Gasteiger partial charge on any atom is -0.426 e. The van der Waals surface area contributed by atoms with E-state index in [0.717, 1.165) is 62.6 Å². The fourth-order valence-corrected chi connectivity index (χ4v) is 5.26. The average molecular weight is 489 g/mol. The third kappa shape index (κ3) is 6.05. The van der Waals surface area contributed by atoms with Crippen LogP contribution in [-0.2, 0) is 38.4 Å². The summed E-state index contributed by atoms with van der Waals surface area (Å²) < 4.78 is 16.4. The topological polar surface area (TPSA) is 113 Å². The Hall–Kier alpha value is -2.84. The van der Waals surface area contributed by atoms with E-state index in [1.54, 1.807) is 6.07 Å². The molecule has 2 heterocycles. The second-order valence-electron chi connectivity index (χ2n) is 10.5. The number of rotatable bonds is 6. The number of carbonyl (C=O) groups excluding carboxylic acids is 3. The van der Waals surface area contributed by atoms with Crippen molar-refractivity contribution >= 4 is 18.0 Å². The maximum atomic E-state index is 13.6. The number of nitrogens with zero attached hydrogens (tertiary/aromatic N) is 1. The minimum atomic E-state index is -1.45. The van der Waals surface area contributed by atoms with E-state index in [0.29, 0.717) is 12.5 Å². The highest BCUT2D eigenvalue weighted by molar-refractivity contribution is 5.97. The molecule has 1 unspecified atom stereocenters. The second-order valence-corrected chi connectivity index (χ2v) is 10.5. The van der Waals surface area contributed by atoms with Crippen LogP contribution in [0.5, 0.6) is 0 Å². The quantitative estimate of drug-likeness (QED) is 0.608. The Kier molecular flexibility index (Phi) is 7.82. The molecule has 0 aromatic carbocycles. The summed E-state index contributed by atoms with van der Waals surface area (Å²) in [5.74, 6) is -0.959. The number of hydrogen-bond donors (Lipinski definition) is 1. The number of fused-ring (bicyclic) bond motifs is 1. The molecule has 0 spiro atoms. The van der Waals surface area contributed by atoms with E-state index in [1.165, 1.54) is 33.1 Å². The molecule has 2 aliphatic carbocycles. The van der Waals surface area contributed by atoms with E-state index in [9.17, 15) is 19.2 Å². The second kappa shape index (κ2) is 10.8. The first-order valence-electron chi connectivity index (χ1n) is 12.9. The number of hydrogen-bond acceptors (Lipinski definition) is 7. The Bertz CT molecular complexity index is 1020. The SMILES string of the molecule is CC(C)(NC(=O)c1cc2c(n(CC3CCCCC3)c1=O)CCCCCC2)C(=O)OC1COC(=O)O1. The molecule has 1 aromatic rings. The normalized spacial score (nSPS) is 21.2. The number of pyridine rings is 1. The molecule has 1 aromatic heterocycles.